The van der Waals surface area contributed by atoms with Crippen molar-refractivity contribution in [3.8, 4) is 56.3 Å². The van der Waals surface area contributed by atoms with Crippen molar-refractivity contribution in [3.05, 3.63) is 176 Å². The van der Waals surface area contributed by atoms with Crippen molar-refractivity contribution in [2.45, 2.75) is 0 Å². The molecular weight excluding hydrogens is 695 g/mol. The lowest BCUT2D eigenvalue weighted by atomic mass is 10.00. The summed E-state index contributed by atoms with van der Waals surface area (Å²) in [5.41, 5.74) is 10.4. The summed E-state index contributed by atoms with van der Waals surface area (Å²) in [7, 11) is 0. The Morgan fingerprint density at radius 3 is 1.78 bits per heavy atom. The Bertz CT molecular complexity index is 3200. The van der Waals surface area contributed by atoms with Crippen LogP contribution in [0, 0.1) is 0 Å². The van der Waals surface area contributed by atoms with E-state index in [9.17, 15) is 0 Å². The van der Waals surface area contributed by atoms with Crippen molar-refractivity contribution in [2.24, 2.45) is 0 Å². The van der Waals surface area contributed by atoms with Crippen LogP contribution in [0.2, 0.25) is 0 Å². The highest BCUT2D eigenvalue weighted by atomic mass is 32.1. The number of hydrogen-bond acceptors (Lipinski definition) is 5. The molecule has 4 aromatic heterocycles. The molecule has 0 saturated heterocycles. The van der Waals surface area contributed by atoms with Crippen LogP contribution in [-0.4, -0.2) is 15.0 Å². The molecule has 0 unspecified atom stereocenters. The first-order chi connectivity index (χ1) is 26.7. The lowest BCUT2D eigenvalue weighted by molar-refractivity contribution is 1.18. The third-order valence-corrected chi connectivity index (χ3v) is 12.7. The quantitative estimate of drug-likeness (QED) is 0.177. The van der Waals surface area contributed by atoms with E-state index in [4.69, 9.17) is 15.0 Å². The molecule has 0 aliphatic heterocycles. The van der Waals surface area contributed by atoms with E-state index in [-0.39, 0.29) is 0 Å². The van der Waals surface area contributed by atoms with E-state index in [0.717, 1.165) is 44.9 Å². The molecule has 252 valence electrons. The van der Waals surface area contributed by atoms with Gasteiger partial charge in [0.15, 0.2) is 5.82 Å². The summed E-state index contributed by atoms with van der Waals surface area (Å²) in [5, 5.41) is 6.16. The fraction of sp³-hybridized carbons (Fsp3) is 0. The number of benzene rings is 7. The fourth-order valence-corrected chi connectivity index (χ4v) is 10.1. The van der Waals surface area contributed by atoms with Crippen molar-refractivity contribution in [1.29, 1.82) is 0 Å². The number of pyridine rings is 1. The molecule has 0 atom stereocenters. The Hall–Kier alpha value is -6.53. The van der Waals surface area contributed by atoms with Gasteiger partial charge in [0.25, 0.3) is 0 Å². The van der Waals surface area contributed by atoms with Crippen molar-refractivity contribution in [3.63, 3.8) is 0 Å². The lowest BCUT2D eigenvalue weighted by Gasteiger charge is -2.11. The van der Waals surface area contributed by atoms with Crippen molar-refractivity contribution in [1.82, 2.24) is 15.0 Å². The number of nitrogens with zero attached hydrogens (tertiary/aromatic N) is 3. The van der Waals surface area contributed by atoms with Gasteiger partial charge in [0.2, 0.25) is 0 Å². The zero-order chi connectivity index (χ0) is 35.6. The van der Waals surface area contributed by atoms with E-state index in [1.807, 2.05) is 28.7 Å². The Morgan fingerprint density at radius 1 is 0.352 bits per heavy atom. The van der Waals surface area contributed by atoms with Crippen LogP contribution in [0.4, 0.5) is 0 Å². The maximum Gasteiger partial charge on any atom is 0.160 e. The molecule has 0 radical (unpaired) electrons. The van der Waals surface area contributed by atoms with Crippen LogP contribution >= 0.6 is 22.7 Å². The van der Waals surface area contributed by atoms with Crippen LogP contribution in [-0.2, 0) is 0 Å². The lowest BCUT2D eigenvalue weighted by Crippen LogP contribution is -1.96. The molecule has 0 spiro atoms. The Kier molecular flexibility index (Phi) is 7.22. The molecule has 54 heavy (non-hydrogen) atoms. The van der Waals surface area contributed by atoms with Gasteiger partial charge in [0, 0.05) is 68.0 Å². The van der Waals surface area contributed by atoms with E-state index in [1.54, 1.807) is 0 Å². The molecule has 5 heteroatoms. The zero-order valence-electron chi connectivity index (χ0n) is 28.9. The summed E-state index contributed by atoms with van der Waals surface area (Å²) in [6, 6.07) is 62.3. The Balaban J connectivity index is 1.07. The van der Waals surface area contributed by atoms with Crippen LogP contribution in [0.5, 0.6) is 0 Å². The first kappa shape index (κ1) is 31.0. The van der Waals surface area contributed by atoms with Crippen LogP contribution in [0.25, 0.3) is 108 Å². The molecule has 0 bridgehead atoms. The zero-order valence-corrected chi connectivity index (χ0v) is 30.5. The van der Waals surface area contributed by atoms with Crippen molar-refractivity contribution < 1.29 is 0 Å². The normalized spacial score (nSPS) is 11.7. The number of para-hydroxylation sites is 1. The number of fused-ring (bicyclic) bond motifs is 8. The number of aromatic nitrogens is 3. The molecule has 0 amide bonds. The average molecular weight is 724 g/mol. The highest BCUT2D eigenvalue weighted by Crippen LogP contribution is 2.44. The van der Waals surface area contributed by atoms with Gasteiger partial charge in [-0.2, -0.15) is 0 Å². The molecule has 0 saturated carbocycles. The number of thiophene rings is 2. The third kappa shape index (κ3) is 5.12. The molecule has 0 N–H and O–H groups in total. The summed E-state index contributed by atoms with van der Waals surface area (Å²) < 4.78 is 5.10. The summed E-state index contributed by atoms with van der Waals surface area (Å²) in [5.74, 6) is 0.700. The SMILES string of the molecule is c1ccc(-c2cc(-c3ccc4sc5c6ccccc6nc(-c6ccccc6)c5c4c3)nc(-c3ccc(-c4cccc5c4sc4ccccc45)cc3)n2)cc1. The molecule has 11 rings (SSSR count). The molecule has 11 aromatic rings. The van der Waals surface area contributed by atoms with E-state index >= 15 is 0 Å². The second-order valence-corrected chi connectivity index (χ2v) is 15.7. The maximum atomic E-state index is 5.26. The third-order valence-electron chi connectivity index (χ3n) is 10.3. The summed E-state index contributed by atoms with van der Waals surface area (Å²) in [6.45, 7) is 0. The van der Waals surface area contributed by atoms with Gasteiger partial charge in [-0.05, 0) is 41.5 Å². The van der Waals surface area contributed by atoms with Gasteiger partial charge in [-0.15, -0.1) is 22.7 Å². The first-order valence-corrected chi connectivity index (χ1v) is 19.6. The Morgan fingerprint density at radius 2 is 0.963 bits per heavy atom. The number of hydrogen-bond donors (Lipinski definition) is 0. The average Bonchev–Trinajstić information content (AvgIpc) is 3.83. The largest absolute Gasteiger partial charge is 0.247 e. The van der Waals surface area contributed by atoms with E-state index in [0.29, 0.717) is 5.82 Å². The second-order valence-electron chi connectivity index (χ2n) is 13.5. The monoisotopic (exact) mass is 723 g/mol. The van der Waals surface area contributed by atoms with Gasteiger partial charge in [-0.3, -0.25) is 0 Å². The van der Waals surface area contributed by atoms with Gasteiger partial charge < -0.3 is 0 Å². The summed E-state index contributed by atoms with van der Waals surface area (Å²) in [4.78, 5) is 15.7. The van der Waals surface area contributed by atoms with Crippen molar-refractivity contribution in [2.75, 3.05) is 0 Å². The topological polar surface area (TPSA) is 38.7 Å². The minimum Gasteiger partial charge on any atom is -0.247 e. The summed E-state index contributed by atoms with van der Waals surface area (Å²) in [6.07, 6.45) is 0. The van der Waals surface area contributed by atoms with Crippen LogP contribution in [0.3, 0.4) is 0 Å². The Labute approximate surface area is 319 Å². The molecule has 0 fully saturated rings. The van der Waals surface area contributed by atoms with E-state index in [2.05, 4.69) is 170 Å². The standard InChI is InChI=1S/C49H29N3S2/c1-3-12-31(13-4-1)41-29-42(52-49(51-41)33-24-22-30(23-25-33)35-18-11-19-37-36-16-8-10-21-43(36)53-47(35)37)34-26-27-44-39(28-34)45-46(32-14-5-2-6-15-32)50-40-20-9-7-17-38(40)48(45)54-44/h1-29H. The minimum absolute atomic E-state index is 0.700. The maximum absolute atomic E-state index is 5.26. The van der Waals surface area contributed by atoms with Crippen molar-refractivity contribution >= 4 is 73.9 Å². The summed E-state index contributed by atoms with van der Waals surface area (Å²) >= 11 is 3.69. The van der Waals surface area contributed by atoms with E-state index < -0.39 is 0 Å². The molecular formula is C49H29N3S2. The fourth-order valence-electron chi connectivity index (χ4n) is 7.68. The minimum atomic E-state index is 0.700. The highest BCUT2D eigenvalue weighted by Gasteiger charge is 2.18. The van der Waals surface area contributed by atoms with Gasteiger partial charge in [0.05, 0.1) is 22.6 Å². The van der Waals surface area contributed by atoms with Gasteiger partial charge in [0.1, 0.15) is 0 Å². The predicted molar refractivity (Wildman–Crippen MR) is 230 cm³/mol. The van der Waals surface area contributed by atoms with Gasteiger partial charge in [-0.25, -0.2) is 15.0 Å². The second kappa shape index (κ2) is 12.6. The van der Waals surface area contributed by atoms with E-state index in [1.165, 1.54) is 56.9 Å². The van der Waals surface area contributed by atoms with Gasteiger partial charge >= 0.3 is 0 Å². The molecule has 3 nitrogen and oxygen atoms in total. The first-order valence-electron chi connectivity index (χ1n) is 18.0. The van der Waals surface area contributed by atoms with Crippen LogP contribution in [0.15, 0.2) is 176 Å². The highest BCUT2D eigenvalue weighted by molar-refractivity contribution is 7.27. The van der Waals surface area contributed by atoms with Crippen LogP contribution < -0.4 is 0 Å². The predicted octanol–water partition coefficient (Wildman–Crippen LogP) is 14.1. The molecule has 7 aromatic carbocycles. The molecule has 4 heterocycles. The molecule has 0 aliphatic rings. The van der Waals surface area contributed by atoms with Gasteiger partial charge in [-0.1, -0.05) is 146 Å². The molecule has 0 aliphatic carbocycles. The number of rotatable bonds is 5. The van der Waals surface area contributed by atoms with Crippen LogP contribution in [0.1, 0.15) is 0 Å². The smallest absolute Gasteiger partial charge is 0.160 e.